The van der Waals surface area contributed by atoms with E-state index in [2.05, 4.69) is 33.2 Å². The highest BCUT2D eigenvalue weighted by molar-refractivity contribution is 7.91. The summed E-state index contributed by atoms with van der Waals surface area (Å²) in [6, 6.07) is 18.5. The van der Waals surface area contributed by atoms with E-state index in [0.717, 1.165) is 44.5 Å². The van der Waals surface area contributed by atoms with Crippen LogP contribution in [0.4, 0.5) is 11.4 Å². The number of guanidine groups is 1. The molecule has 0 bridgehead atoms. The van der Waals surface area contributed by atoms with Crippen molar-refractivity contribution in [2.45, 2.75) is 78.1 Å². The van der Waals surface area contributed by atoms with Crippen molar-refractivity contribution >= 4 is 27.5 Å². The van der Waals surface area contributed by atoms with Crippen molar-refractivity contribution in [1.29, 1.82) is 0 Å². The maximum atomic E-state index is 13.0. The maximum Gasteiger partial charge on any atom is 0.345 e. The summed E-state index contributed by atoms with van der Waals surface area (Å²) in [5.41, 5.74) is 1.31. The highest BCUT2D eigenvalue weighted by atomic mass is 32.2. The third-order valence-electron chi connectivity index (χ3n) is 5.62. The Kier molecular flexibility index (Phi) is 13.2. The second-order valence-electron chi connectivity index (χ2n) is 8.66. The first-order valence-electron chi connectivity index (χ1n) is 12.8. The molecule has 2 aromatic carbocycles. The van der Waals surface area contributed by atoms with E-state index in [1.54, 1.807) is 24.3 Å². The number of nitrogens with zero attached hydrogens (tertiary/aromatic N) is 2. The average Bonchev–Trinajstić information content (AvgIpc) is 2.83. The van der Waals surface area contributed by atoms with Crippen LogP contribution in [0.2, 0.25) is 0 Å². The zero-order valence-corrected chi connectivity index (χ0v) is 21.7. The molecule has 2 N–H and O–H groups in total. The molecular weight excluding hydrogens is 444 g/mol. The van der Waals surface area contributed by atoms with Gasteiger partial charge in [-0.15, -0.1) is 4.40 Å². The highest BCUT2D eigenvalue weighted by Gasteiger charge is 2.17. The summed E-state index contributed by atoms with van der Waals surface area (Å²) in [5.74, 6) is 0.376. The Morgan fingerprint density at radius 1 is 0.706 bits per heavy atom. The minimum atomic E-state index is -3.94. The lowest BCUT2D eigenvalue weighted by Crippen LogP contribution is -2.39. The molecule has 0 amide bonds. The van der Waals surface area contributed by atoms with Crippen molar-refractivity contribution in [3.05, 3.63) is 60.7 Å². The van der Waals surface area contributed by atoms with Crippen molar-refractivity contribution in [3.63, 3.8) is 0 Å². The summed E-state index contributed by atoms with van der Waals surface area (Å²) in [6.45, 7) is 5.97. The second kappa shape index (κ2) is 16.1. The van der Waals surface area contributed by atoms with Gasteiger partial charge in [0.15, 0.2) is 0 Å². The predicted octanol–water partition coefficient (Wildman–Crippen LogP) is 7.05. The first-order valence-corrected chi connectivity index (χ1v) is 14.2. The Morgan fingerprint density at radius 2 is 1.18 bits per heavy atom. The van der Waals surface area contributed by atoms with Gasteiger partial charge in [0.2, 0.25) is 5.96 Å². The Bertz CT molecular complexity index is 904. The molecule has 0 atom stereocenters. The molecule has 0 aliphatic carbocycles. The van der Waals surface area contributed by atoms with Gasteiger partial charge in [0.25, 0.3) is 0 Å². The summed E-state index contributed by atoms with van der Waals surface area (Å²) in [5, 5.41) is 3.28. The van der Waals surface area contributed by atoms with Crippen LogP contribution in [0.15, 0.2) is 65.1 Å². The number of hydrogen-bond acceptors (Lipinski definition) is 2. The standard InChI is InChI=1S/C27H42N4O2S/c1-3-5-7-9-17-23-31(24-18-10-8-6-4-2)27(28-25-19-13-11-14-20-25)30-34(32,33)29-26-21-15-12-16-22-26/h11-16,19-22,29H,3-10,17-18,23-24H2,1-2H3,(H,28,30). The van der Waals surface area contributed by atoms with Gasteiger partial charge in [-0.3, -0.25) is 4.72 Å². The molecule has 0 saturated heterocycles. The molecular formula is C27H42N4O2S. The summed E-state index contributed by atoms with van der Waals surface area (Å²) >= 11 is 0. The van der Waals surface area contributed by atoms with E-state index < -0.39 is 10.2 Å². The van der Waals surface area contributed by atoms with E-state index in [9.17, 15) is 8.42 Å². The lowest BCUT2D eigenvalue weighted by Gasteiger charge is -2.27. The van der Waals surface area contributed by atoms with E-state index in [1.807, 2.05) is 36.4 Å². The molecule has 6 nitrogen and oxygen atoms in total. The molecule has 7 heteroatoms. The lowest BCUT2D eigenvalue weighted by molar-refractivity contribution is 0.384. The SMILES string of the molecule is CCCCCCCN(CCCCCCC)C(=NS(=O)(=O)Nc1ccccc1)Nc1ccccc1. The van der Waals surface area contributed by atoms with Crippen molar-refractivity contribution in [2.24, 2.45) is 4.40 Å². The van der Waals surface area contributed by atoms with E-state index in [1.165, 1.54) is 38.5 Å². The van der Waals surface area contributed by atoms with Gasteiger partial charge in [0.05, 0.1) is 5.69 Å². The molecule has 0 radical (unpaired) electrons. The summed E-state index contributed by atoms with van der Waals surface area (Å²) in [7, 11) is -3.94. The second-order valence-corrected chi connectivity index (χ2v) is 10.0. The normalized spacial score (nSPS) is 11.9. The van der Waals surface area contributed by atoms with E-state index in [-0.39, 0.29) is 0 Å². The number of nitrogens with one attached hydrogen (secondary N) is 2. The van der Waals surface area contributed by atoms with Crippen molar-refractivity contribution in [2.75, 3.05) is 23.1 Å². The summed E-state index contributed by atoms with van der Waals surface area (Å²) < 4.78 is 32.7. The van der Waals surface area contributed by atoms with E-state index >= 15 is 0 Å². The van der Waals surface area contributed by atoms with Crippen LogP contribution < -0.4 is 10.0 Å². The molecule has 34 heavy (non-hydrogen) atoms. The minimum Gasteiger partial charge on any atom is -0.342 e. The molecule has 0 aliphatic rings. The lowest BCUT2D eigenvalue weighted by atomic mass is 10.1. The van der Waals surface area contributed by atoms with Crippen molar-refractivity contribution in [1.82, 2.24) is 4.90 Å². The fourth-order valence-electron chi connectivity index (χ4n) is 3.74. The van der Waals surface area contributed by atoms with Crippen LogP contribution in [-0.4, -0.2) is 32.4 Å². The van der Waals surface area contributed by atoms with Gasteiger partial charge in [-0.25, -0.2) is 0 Å². The van der Waals surface area contributed by atoms with Gasteiger partial charge in [-0.05, 0) is 37.1 Å². The first kappa shape index (κ1) is 27.7. The Morgan fingerprint density at radius 3 is 1.68 bits per heavy atom. The zero-order chi connectivity index (χ0) is 24.5. The third kappa shape index (κ3) is 11.5. The number of anilines is 2. The molecule has 188 valence electrons. The monoisotopic (exact) mass is 486 g/mol. The van der Waals surface area contributed by atoms with Gasteiger partial charge in [-0.2, -0.15) is 8.42 Å². The fourth-order valence-corrected chi connectivity index (χ4v) is 4.61. The van der Waals surface area contributed by atoms with Gasteiger partial charge >= 0.3 is 10.2 Å². The van der Waals surface area contributed by atoms with E-state index in [4.69, 9.17) is 0 Å². The molecule has 0 fully saturated rings. The number of benzene rings is 2. The Hall–Kier alpha value is -2.54. The van der Waals surface area contributed by atoms with Gasteiger partial charge < -0.3 is 10.2 Å². The van der Waals surface area contributed by atoms with Crippen LogP contribution in [0.1, 0.15) is 78.1 Å². The molecule has 2 aromatic rings. The predicted molar refractivity (Wildman–Crippen MR) is 146 cm³/mol. The van der Waals surface area contributed by atoms with Crippen LogP contribution in [0.5, 0.6) is 0 Å². The fraction of sp³-hybridized carbons (Fsp3) is 0.519. The summed E-state index contributed by atoms with van der Waals surface area (Å²) in [6.07, 6.45) is 11.6. The molecule has 0 unspecified atom stereocenters. The Labute approximate surface area is 207 Å². The molecule has 0 aliphatic heterocycles. The molecule has 0 spiro atoms. The molecule has 2 rings (SSSR count). The smallest absolute Gasteiger partial charge is 0.342 e. The van der Waals surface area contributed by atoms with Crippen LogP contribution in [-0.2, 0) is 10.2 Å². The Balaban J connectivity index is 2.23. The molecule has 0 aromatic heterocycles. The van der Waals surface area contributed by atoms with Crippen molar-refractivity contribution < 1.29 is 8.42 Å². The zero-order valence-electron chi connectivity index (χ0n) is 20.9. The van der Waals surface area contributed by atoms with Crippen LogP contribution in [0.3, 0.4) is 0 Å². The van der Waals surface area contributed by atoms with Crippen LogP contribution in [0, 0.1) is 0 Å². The highest BCUT2D eigenvalue weighted by Crippen LogP contribution is 2.14. The minimum absolute atomic E-state index is 0.376. The topological polar surface area (TPSA) is 73.8 Å². The van der Waals surface area contributed by atoms with Gasteiger partial charge in [-0.1, -0.05) is 102 Å². The van der Waals surface area contributed by atoms with Crippen LogP contribution in [0.25, 0.3) is 0 Å². The van der Waals surface area contributed by atoms with Crippen LogP contribution >= 0.6 is 0 Å². The average molecular weight is 487 g/mol. The van der Waals surface area contributed by atoms with Crippen molar-refractivity contribution in [3.8, 4) is 0 Å². The van der Waals surface area contributed by atoms with Gasteiger partial charge in [0.1, 0.15) is 0 Å². The molecule has 0 heterocycles. The maximum absolute atomic E-state index is 13.0. The largest absolute Gasteiger partial charge is 0.345 e. The first-order chi connectivity index (χ1) is 16.5. The third-order valence-corrected chi connectivity index (χ3v) is 6.53. The van der Waals surface area contributed by atoms with E-state index in [0.29, 0.717) is 11.6 Å². The number of para-hydroxylation sites is 2. The number of hydrogen-bond donors (Lipinski definition) is 2. The quantitative estimate of drug-likeness (QED) is 0.151. The number of rotatable bonds is 16. The number of unbranched alkanes of at least 4 members (excludes halogenated alkanes) is 8. The van der Waals surface area contributed by atoms with Gasteiger partial charge in [0, 0.05) is 18.8 Å². The summed E-state index contributed by atoms with van der Waals surface area (Å²) in [4.78, 5) is 2.11. The molecule has 0 saturated carbocycles.